The second-order valence-corrected chi connectivity index (χ2v) is 2.78. The summed E-state index contributed by atoms with van der Waals surface area (Å²) in [4.78, 5) is 21.9. The van der Waals surface area contributed by atoms with Gasteiger partial charge in [-0.15, -0.1) is 0 Å². The lowest BCUT2D eigenvalue weighted by Gasteiger charge is -1.98. The molecular formula is C8H8N4O. The Morgan fingerprint density at radius 2 is 2.31 bits per heavy atom. The van der Waals surface area contributed by atoms with Crippen LogP contribution in [0.2, 0.25) is 0 Å². The number of fused-ring (bicyclic) bond motifs is 1. The van der Waals surface area contributed by atoms with Crippen LogP contribution in [0.5, 0.6) is 0 Å². The van der Waals surface area contributed by atoms with Crippen LogP contribution in [0.3, 0.4) is 0 Å². The maximum Gasteiger partial charge on any atom is 0.260 e. The first-order valence-electron chi connectivity index (χ1n) is 3.79. The zero-order valence-corrected chi connectivity index (χ0v) is 7.03. The van der Waals surface area contributed by atoms with Gasteiger partial charge in [-0.2, -0.15) is 0 Å². The molecule has 0 atom stereocenters. The van der Waals surface area contributed by atoms with Crippen molar-refractivity contribution in [1.82, 2.24) is 15.0 Å². The molecular weight excluding hydrogens is 168 g/mol. The average Bonchev–Trinajstić information content (AvgIpc) is 2.02. The van der Waals surface area contributed by atoms with Gasteiger partial charge in [0.1, 0.15) is 11.6 Å². The Morgan fingerprint density at radius 3 is 3.08 bits per heavy atom. The maximum atomic E-state index is 11.3. The second kappa shape index (κ2) is 2.55. The van der Waals surface area contributed by atoms with E-state index in [0.717, 1.165) is 0 Å². The molecule has 66 valence electrons. The number of aromatic nitrogens is 3. The van der Waals surface area contributed by atoms with E-state index in [1.54, 1.807) is 13.0 Å². The zero-order valence-electron chi connectivity index (χ0n) is 7.03. The number of hydrogen-bond acceptors (Lipinski definition) is 4. The van der Waals surface area contributed by atoms with Crippen molar-refractivity contribution in [2.75, 3.05) is 5.73 Å². The summed E-state index contributed by atoms with van der Waals surface area (Å²) in [7, 11) is 0. The number of pyridine rings is 1. The summed E-state index contributed by atoms with van der Waals surface area (Å²) in [6, 6.07) is 1.58. The number of rotatable bonds is 0. The molecule has 0 fully saturated rings. The minimum Gasteiger partial charge on any atom is -0.384 e. The lowest BCUT2D eigenvalue weighted by molar-refractivity contribution is 1.06. The second-order valence-electron chi connectivity index (χ2n) is 2.78. The van der Waals surface area contributed by atoms with Gasteiger partial charge in [0, 0.05) is 12.3 Å². The van der Waals surface area contributed by atoms with Gasteiger partial charge in [0.05, 0.1) is 10.9 Å². The summed E-state index contributed by atoms with van der Waals surface area (Å²) in [5.41, 5.74) is 5.85. The fourth-order valence-corrected chi connectivity index (χ4v) is 1.17. The predicted octanol–water partition coefficient (Wildman–Crippen LogP) is 0.209. The van der Waals surface area contributed by atoms with Crippen LogP contribution in [0, 0.1) is 6.92 Å². The van der Waals surface area contributed by atoms with Crippen LogP contribution in [0.4, 0.5) is 5.82 Å². The molecule has 0 aliphatic carbocycles. The van der Waals surface area contributed by atoms with E-state index in [0.29, 0.717) is 22.5 Å². The van der Waals surface area contributed by atoms with Crippen LogP contribution in [0.1, 0.15) is 5.82 Å². The van der Waals surface area contributed by atoms with Gasteiger partial charge >= 0.3 is 0 Å². The number of aromatic amines is 1. The Labute approximate surface area is 73.6 Å². The van der Waals surface area contributed by atoms with Crippen molar-refractivity contribution in [1.29, 1.82) is 0 Å². The monoisotopic (exact) mass is 176 g/mol. The topological polar surface area (TPSA) is 84.7 Å². The molecule has 0 unspecified atom stereocenters. The summed E-state index contributed by atoms with van der Waals surface area (Å²) in [6.07, 6.45) is 1.43. The van der Waals surface area contributed by atoms with E-state index >= 15 is 0 Å². The first-order valence-corrected chi connectivity index (χ1v) is 3.79. The third-order valence-electron chi connectivity index (χ3n) is 1.73. The fourth-order valence-electron chi connectivity index (χ4n) is 1.17. The van der Waals surface area contributed by atoms with Crippen molar-refractivity contribution in [2.24, 2.45) is 0 Å². The molecule has 2 rings (SSSR count). The predicted molar refractivity (Wildman–Crippen MR) is 49.3 cm³/mol. The number of nitrogens with one attached hydrogen (secondary N) is 1. The van der Waals surface area contributed by atoms with Crippen molar-refractivity contribution in [3.8, 4) is 0 Å². The smallest absolute Gasteiger partial charge is 0.260 e. The lowest BCUT2D eigenvalue weighted by Crippen LogP contribution is -2.10. The Hall–Kier alpha value is -1.91. The molecule has 13 heavy (non-hydrogen) atoms. The molecule has 0 bridgehead atoms. The summed E-state index contributed by atoms with van der Waals surface area (Å²) >= 11 is 0. The molecule has 0 saturated heterocycles. The van der Waals surface area contributed by atoms with Crippen LogP contribution in [-0.2, 0) is 0 Å². The van der Waals surface area contributed by atoms with Gasteiger partial charge in [0.2, 0.25) is 0 Å². The highest BCUT2D eigenvalue weighted by molar-refractivity contribution is 5.78. The van der Waals surface area contributed by atoms with Crippen LogP contribution < -0.4 is 11.3 Å². The van der Waals surface area contributed by atoms with Crippen molar-refractivity contribution in [3.05, 3.63) is 28.4 Å². The summed E-state index contributed by atoms with van der Waals surface area (Å²) in [5.74, 6) is 0.938. The van der Waals surface area contributed by atoms with Crippen LogP contribution in [0.15, 0.2) is 17.1 Å². The van der Waals surface area contributed by atoms with Crippen molar-refractivity contribution < 1.29 is 0 Å². The fraction of sp³-hybridized carbons (Fsp3) is 0.125. The molecule has 0 radical (unpaired) electrons. The largest absolute Gasteiger partial charge is 0.384 e. The van der Waals surface area contributed by atoms with Crippen molar-refractivity contribution >= 4 is 16.7 Å². The number of anilines is 1. The van der Waals surface area contributed by atoms with Crippen LogP contribution in [-0.4, -0.2) is 15.0 Å². The van der Waals surface area contributed by atoms with E-state index in [1.807, 2.05) is 0 Å². The number of nitrogens with two attached hydrogens (primary N) is 1. The normalized spacial score (nSPS) is 10.5. The average molecular weight is 176 g/mol. The first-order chi connectivity index (χ1) is 6.16. The number of hydrogen-bond donors (Lipinski definition) is 2. The molecule has 5 heteroatoms. The third-order valence-corrected chi connectivity index (χ3v) is 1.73. The van der Waals surface area contributed by atoms with Gasteiger partial charge in [0.25, 0.3) is 5.56 Å². The van der Waals surface area contributed by atoms with Crippen LogP contribution >= 0.6 is 0 Å². The minimum atomic E-state index is -0.185. The highest BCUT2D eigenvalue weighted by Gasteiger charge is 2.01. The Kier molecular flexibility index (Phi) is 1.51. The first kappa shape index (κ1) is 7.72. The van der Waals surface area contributed by atoms with E-state index in [4.69, 9.17) is 5.73 Å². The molecule has 0 aliphatic rings. The quantitative estimate of drug-likeness (QED) is 0.600. The lowest BCUT2D eigenvalue weighted by atomic mass is 10.3. The third kappa shape index (κ3) is 1.24. The number of nitrogens with zero attached hydrogens (tertiary/aromatic N) is 2. The molecule has 0 amide bonds. The maximum absolute atomic E-state index is 11.3. The van der Waals surface area contributed by atoms with E-state index in [-0.39, 0.29) is 5.56 Å². The molecule has 2 aromatic rings. The molecule has 0 saturated carbocycles. The van der Waals surface area contributed by atoms with Gasteiger partial charge < -0.3 is 10.7 Å². The van der Waals surface area contributed by atoms with Gasteiger partial charge in [-0.05, 0) is 6.92 Å². The zero-order chi connectivity index (χ0) is 9.42. The molecule has 0 aliphatic heterocycles. The Morgan fingerprint density at radius 1 is 1.54 bits per heavy atom. The number of aryl methyl sites for hydroxylation is 1. The highest BCUT2D eigenvalue weighted by atomic mass is 16.1. The Bertz CT molecular complexity index is 512. The van der Waals surface area contributed by atoms with Gasteiger partial charge in [-0.25, -0.2) is 9.97 Å². The van der Waals surface area contributed by atoms with Crippen molar-refractivity contribution in [3.63, 3.8) is 0 Å². The summed E-state index contributed by atoms with van der Waals surface area (Å²) in [5, 5.41) is 0.458. The van der Waals surface area contributed by atoms with Crippen LogP contribution in [0.25, 0.3) is 10.9 Å². The van der Waals surface area contributed by atoms with E-state index in [2.05, 4.69) is 15.0 Å². The van der Waals surface area contributed by atoms with E-state index in [9.17, 15) is 4.79 Å². The van der Waals surface area contributed by atoms with E-state index in [1.165, 1.54) is 6.20 Å². The highest BCUT2D eigenvalue weighted by Crippen LogP contribution is 2.07. The summed E-state index contributed by atoms with van der Waals surface area (Å²) in [6.45, 7) is 1.72. The van der Waals surface area contributed by atoms with Gasteiger partial charge in [-0.3, -0.25) is 4.79 Å². The molecule has 3 N–H and O–H groups in total. The van der Waals surface area contributed by atoms with Gasteiger partial charge in [0.15, 0.2) is 0 Å². The number of H-pyrrole nitrogens is 1. The van der Waals surface area contributed by atoms with Gasteiger partial charge in [-0.1, -0.05) is 0 Å². The molecule has 0 aromatic carbocycles. The standard InChI is InChI=1S/C8H8N4O/c1-4-11-6-2-7(9)10-3-5(6)8(13)12-4/h2-3H,1H3,(H2,9,10)(H,11,12,13). The molecule has 2 aromatic heterocycles. The van der Waals surface area contributed by atoms with Crippen molar-refractivity contribution in [2.45, 2.75) is 6.92 Å². The summed E-state index contributed by atoms with van der Waals surface area (Å²) < 4.78 is 0. The molecule has 0 spiro atoms. The minimum absolute atomic E-state index is 0.185. The Balaban J connectivity index is 2.95. The van der Waals surface area contributed by atoms with E-state index < -0.39 is 0 Å². The SMILES string of the molecule is Cc1nc2cc(N)ncc2c(=O)[nH]1. The molecule has 2 heterocycles. The number of nitrogen functional groups attached to an aromatic ring is 1. The molecule has 5 nitrogen and oxygen atoms in total.